The molecule has 19 heavy (non-hydrogen) atoms. The van der Waals surface area contributed by atoms with E-state index < -0.39 is 0 Å². The summed E-state index contributed by atoms with van der Waals surface area (Å²) in [4.78, 5) is 0. The van der Waals surface area contributed by atoms with Crippen LogP contribution in [0.25, 0.3) is 21.5 Å². The molecule has 2 heteroatoms. The molecule has 0 amide bonds. The van der Waals surface area contributed by atoms with E-state index in [1.165, 1.54) is 16.2 Å². The van der Waals surface area contributed by atoms with Gasteiger partial charge in [-0.15, -0.1) is 0 Å². The van der Waals surface area contributed by atoms with Crippen molar-refractivity contribution in [2.75, 3.05) is 7.11 Å². The Balaban J connectivity index is 2.20. The maximum Gasteiger partial charge on any atom is 0.196 e. The first kappa shape index (κ1) is 12.0. The Morgan fingerprint density at radius 1 is 0.842 bits per heavy atom. The molecule has 2 nitrogen and oxygen atoms in total. The van der Waals surface area contributed by atoms with Crippen molar-refractivity contribution >= 4 is 21.5 Å². The molecule has 0 aliphatic rings. The van der Waals surface area contributed by atoms with E-state index in [0.29, 0.717) is 0 Å². The van der Waals surface area contributed by atoms with Gasteiger partial charge < -0.3 is 9.47 Å². The Morgan fingerprint density at radius 2 is 1.53 bits per heavy atom. The second-order valence-electron chi connectivity index (χ2n) is 4.60. The molecular formula is C17H16O2. The van der Waals surface area contributed by atoms with Crippen molar-refractivity contribution in [2.45, 2.75) is 13.2 Å². The van der Waals surface area contributed by atoms with E-state index in [-0.39, 0.29) is 6.29 Å². The normalized spacial score (nSPS) is 12.7. The van der Waals surface area contributed by atoms with Crippen molar-refractivity contribution in [3.63, 3.8) is 0 Å². The molecule has 0 aromatic heterocycles. The summed E-state index contributed by atoms with van der Waals surface area (Å²) in [7, 11) is 1.64. The van der Waals surface area contributed by atoms with Gasteiger partial charge in [0.2, 0.25) is 0 Å². The van der Waals surface area contributed by atoms with E-state index in [0.717, 1.165) is 11.1 Å². The van der Waals surface area contributed by atoms with Crippen molar-refractivity contribution < 1.29 is 9.47 Å². The Morgan fingerprint density at radius 3 is 2.26 bits per heavy atom. The second kappa shape index (κ2) is 4.90. The summed E-state index contributed by atoms with van der Waals surface area (Å²) >= 11 is 0. The van der Waals surface area contributed by atoms with Gasteiger partial charge in [-0.25, -0.2) is 0 Å². The van der Waals surface area contributed by atoms with Crippen LogP contribution in [-0.2, 0) is 4.74 Å². The first-order valence-electron chi connectivity index (χ1n) is 6.39. The van der Waals surface area contributed by atoms with Crippen molar-refractivity contribution in [3.8, 4) is 5.75 Å². The molecule has 0 fully saturated rings. The minimum Gasteiger partial charge on any atom is -0.465 e. The van der Waals surface area contributed by atoms with Gasteiger partial charge in [0.05, 0.1) is 0 Å². The van der Waals surface area contributed by atoms with Gasteiger partial charge in [0.15, 0.2) is 6.29 Å². The van der Waals surface area contributed by atoms with Gasteiger partial charge in [0.1, 0.15) is 5.75 Å². The van der Waals surface area contributed by atoms with E-state index in [2.05, 4.69) is 42.5 Å². The third-order valence-electron chi connectivity index (χ3n) is 3.33. The van der Waals surface area contributed by atoms with Gasteiger partial charge in [-0.3, -0.25) is 0 Å². The first-order chi connectivity index (χ1) is 9.28. The third kappa shape index (κ3) is 2.27. The van der Waals surface area contributed by atoms with Crippen molar-refractivity contribution in [3.05, 3.63) is 54.6 Å². The minimum atomic E-state index is -0.253. The Labute approximate surface area is 112 Å². The highest BCUT2D eigenvalue weighted by Crippen LogP contribution is 2.30. The van der Waals surface area contributed by atoms with Crippen LogP contribution in [0.5, 0.6) is 5.75 Å². The molecule has 0 aliphatic carbocycles. The second-order valence-corrected chi connectivity index (χ2v) is 4.60. The fourth-order valence-electron chi connectivity index (χ4n) is 2.27. The fourth-order valence-corrected chi connectivity index (χ4v) is 2.27. The lowest BCUT2D eigenvalue weighted by atomic mass is 10.0. The number of benzene rings is 3. The number of methoxy groups -OCH3 is 1. The summed E-state index contributed by atoms with van der Waals surface area (Å²) in [5.41, 5.74) is 0. The maximum atomic E-state index is 5.80. The van der Waals surface area contributed by atoms with Crippen molar-refractivity contribution in [2.24, 2.45) is 0 Å². The monoisotopic (exact) mass is 252 g/mol. The van der Waals surface area contributed by atoms with Crippen LogP contribution in [0, 0.1) is 0 Å². The maximum absolute atomic E-state index is 5.80. The molecule has 96 valence electrons. The van der Waals surface area contributed by atoms with E-state index in [1.807, 2.05) is 19.1 Å². The molecule has 0 N–H and O–H groups in total. The van der Waals surface area contributed by atoms with Crippen LogP contribution in [0.4, 0.5) is 0 Å². The third-order valence-corrected chi connectivity index (χ3v) is 3.33. The molecular weight excluding hydrogens is 236 g/mol. The van der Waals surface area contributed by atoms with Gasteiger partial charge in [0, 0.05) is 12.5 Å². The molecule has 1 atom stereocenters. The van der Waals surface area contributed by atoms with Gasteiger partial charge in [-0.1, -0.05) is 36.4 Å². The zero-order chi connectivity index (χ0) is 13.2. The van der Waals surface area contributed by atoms with Gasteiger partial charge in [-0.05, 0) is 41.3 Å². The summed E-state index contributed by atoms with van der Waals surface area (Å²) in [6.45, 7) is 1.89. The molecule has 3 aromatic carbocycles. The van der Waals surface area contributed by atoms with Gasteiger partial charge >= 0.3 is 0 Å². The number of hydrogen-bond donors (Lipinski definition) is 0. The molecule has 0 saturated heterocycles. The molecule has 0 bridgehead atoms. The molecule has 1 unspecified atom stereocenters. The van der Waals surface area contributed by atoms with Crippen LogP contribution >= 0.6 is 0 Å². The van der Waals surface area contributed by atoms with E-state index in [9.17, 15) is 0 Å². The first-order valence-corrected chi connectivity index (χ1v) is 6.39. The number of rotatable bonds is 3. The summed E-state index contributed by atoms with van der Waals surface area (Å²) in [6.07, 6.45) is -0.253. The summed E-state index contributed by atoms with van der Waals surface area (Å²) in [5, 5.41) is 4.76. The fraction of sp³-hybridized carbons (Fsp3) is 0.176. The Bertz CT molecular complexity index is 719. The van der Waals surface area contributed by atoms with Crippen LogP contribution < -0.4 is 4.74 Å². The largest absolute Gasteiger partial charge is 0.465 e. The SMILES string of the molecule is COC(C)Oc1cccc2cc3ccccc3cc12. The molecule has 0 spiro atoms. The zero-order valence-corrected chi connectivity index (χ0v) is 11.1. The molecule has 0 heterocycles. The average Bonchev–Trinajstić information content (AvgIpc) is 2.45. The number of hydrogen-bond acceptors (Lipinski definition) is 2. The Hall–Kier alpha value is -2.06. The highest BCUT2D eigenvalue weighted by molar-refractivity contribution is 6.00. The van der Waals surface area contributed by atoms with Crippen LogP contribution in [0.15, 0.2) is 54.6 Å². The lowest BCUT2D eigenvalue weighted by Crippen LogP contribution is -2.13. The van der Waals surface area contributed by atoms with Crippen LogP contribution in [-0.4, -0.2) is 13.4 Å². The van der Waals surface area contributed by atoms with Crippen LogP contribution in [0.3, 0.4) is 0 Å². The average molecular weight is 252 g/mol. The molecule has 0 radical (unpaired) electrons. The van der Waals surface area contributed by atoms with E-state index >= 15 is 0 Å². The highest BCUT2D eigenvalue weighted by atomic mass is 16.7. The molecule has 0 aliphatic heterocycles. The predicted octanol–water partition coefficient (Wildman–Crippen LogP) is 4.36. The number of ether oxygens (including phenoxy) is 2. The topological polar surface area (TPSA) is 18.5 Å². The van der Waals surface area contributed by atoms with Crippen LogP contribution in [0.1, 0.15) is 6.92 Å². The zero-order valence-electron chi connectivity index (χ0n) is 11.1. The molecule has 3 aromatic rings. The smallest absolute Gasteiger partial charge is 0.196 e. The van der Waals surface area contributed by atoms with Crippen LogP contribution in [0.2, 0.25) is 0 Å². The highest BCUT2D eigenvalue weighted by Gasteiger charge is 2.07. The Kier molecular flexibility index (Phi) is 3.10. The summed E-state index contributed by atoms with van der Waals surface area (Å²) < 4.78 is 11.0. The van der Waals surface area contributed by atoms with E-state index in [1.54, 1.807) is 7.11 Å². The molecule has 0 saturated carbocycles. The van der Waals surface area contributed by atoms with Crippen molar-refractivity contribution in [1.29, 1.82) is 0 Å². The van der Waals surface area contributed by atoms with Crippen molar-refractivity contribution in [1.82, 2.24) is 0 Å². The molecule has 3 rings (SSSR count). The lowest BCUT2D eigenvalue weighted by molar-refractivity contribution is -0.0373. The minimum absolute atomic E-state index is 0.253. The summed E-state index contributed by atoms with van der Waals surface area (Å²) in [5.74, 6) is 0.859. The van der Waals surface area contributed by atoms with Gasteiger partial charge in [-0.2, -0.15) is 0 Å². The lowest BCUT2D eigenvalue weighted by Gasteiger charge is -2.15. The van der Waals surface area contributed by atoms with Gasteiger partial charge in [0.25, 0.3) is 0 Å². The summed E-state index contributed by atoms with van der Waals surface area (Å²) in [6, 6.07) is 18.8. The number of fused-ring (bicyclic) bond motifs is 2. The predicted molar refractivity (Wildman–Crippen MR) is 78.6 cm³/mol. The van der Waals surface area contributed by atoms with E-state index in [4.69, 9.17) is 9.47 Å². The standard InChI is InChI=1S/C17H16O2/c1-12(18-2)19-17-9-5-8-15-10-13-6-3-4-7-14(13)11-16(15)17/h3-12H,1-2H3. The quantitative estimate of drug-likeness (QED) is 0.509.